The molecule has 0 amide bonds. The first kappa shape index (κ1) is 23.1. The summed E-state index contributed by atoms with van der Waals surface area (Å²) < 4.78 is 16.2. The Hall–Kier alpha value is -1.97. The zero-order chi connectivity index (χ0) is 18.9. The van der Waals surface area contributed by atoms with Crippen LogP contribution in [0.1, 0.15) is 29.3 Å². The van der Waals surface area contributed by atoms with Crippen LogP contribution in [0, 0.1) is 13.8 Å². The highest BCUT2D eigenvalue weighted by Crippen LogP contribution is 2.27. The molecule has 2 N–H and O–H groups in total. The highest BCUT2D eigenvalue weighted by atomic mass is 127. The highest BCUT2D eigenvalue weighted by molar-refractivity contribution is 14.0. The molecule has 0 spiro atoms. The SMILES string of the molecule is CN=C(NCCCc1ccc(OC)c(OC)c1)NCc1nc(C)c(C)o1.I. The molecule has 0 bridgehead atoms. The minimum atomic E-state index is 0. The maximum absolute atomic E-state index is 5.55. The Morgan fingerprint density at radius 3 is 2.48 bits per heavy atom. The predicted molar refractivity (Wildman–Crippen MR) is 117 cm³/mol. The molecule has 0 atom stereocenters. The third-order valence-corrected chi connectivity index (χ3v) is 4.09. The Morgan fingerprint density at radius 1 is 1.15 bits per heavy atom. The van der Waals surface area contributed by atoms with Crippen molar-refractivity contribution in [3.8, 4) is 11.5 Å². The lowest BCUT2D eigenvalue weighted by Crippen LogP contribution is -2.37. The van der Waals surface area contributed by atoms with E-state index in [1.165, 1.54) is 5.56 Å². The first-order valence-electron chi connectivity index (χ1n) is 8.65. The van der Waals surface area contributed by atoms with Gasteiger partial charge in [0, 0.05) is 13.6 Å². The summed E-state index contributed by atoms with van der Waals surface area (Å²) in [7, 11) is 5.03. The summed E-state index contributed by atoms with van der Waals surface area (Å²) in [5, 5.41) is 6.50. The van der Waals surface area contributed by atoms with Crippen LogP contribution >= 0.6 is 24.0 Å². The number of aliphatic imine (C=N–C) groups is 1. The Labute approximate surface area is 178 Å². The average Bonchev–Trinajstić information content (AvgIpc) is 2.98. The third kappa shape index (κ3) is 6.93. The number of methoxy groups -OCH3 is 2. The fraction of sp³-hybridized carbons (Fsp3) is 0.474. The Balaban J connectivity index is 0.00000364. The summed E-state index contributed by atoms with van der Waals surface area (Å²) >= 11 is 0. The molecule has 0 unspecified atom stereocenters. The number of oxazole rings is 1. The summed E-state index contributed by atoms with van der Waals surface area (Å²) in [4.78, 5) is 8.56. The molecular formula is C19H29IN4O3. The van der Waals surface area contributed by atoms with Gasteiger partial charge in [-0.15, -0.1) is 24.0 Å². The maximum Gasteiger partial charge on any atom is 0.214 e. The van der Waals surface area contributed by atoms with Crippen molar-refractivity contribution in [3.05, 3.63) is 41.1 Å². The lowest BCUT2D eigenvalue weighted by molar-refractivity contribution is 0.354. The van der Waals surface area contributed by atoms with Crippen LogP contribution in [0.25, 0.3) is 0 Å². The molecule has 7 nitrogen and oxygen atoms in total. The molecule has 0 aliphatic rings. The molecule has 0 saturated heterocycles. The number of aryl methyl sites for hydroxylation is 3. The van der Waals surface area contributed by atoms with Crippen molar-refractivity contribution in [2.45, 2.75) is 33.2 Å². The van der Waals surface area contributed by atoms with E-state index >= 15 is 0 Å². The van der Waals surface area contributed by atoms with Gasteiger partial charge in [-0.2, -0.15) is 0 Å². The van der Waals surface area contributed by atoms with Gasteiger partial charge in [0.1, 0.15) is 5.76 Å². The number of hydrogen-bond acceptors (Lipinski definition) is 5. The fourth-order valence-corrected chi connectivity index (χ4v) is 2.53. The second-order valence-electron chi connectivity index (χ2n) is 5.89. The first-order chi connectivity index (χ1) is 12.6. The van der Waals surface area contributed by atoms with Crippen molar-refractivity contribution < 1.29 is 13.9 Å². The lowest BCUT2D eigenvalue weighted by atomic mass is 10.1. The highest BCUT2D eigenvalue weighted by Gasteiger charge is 2.07. The van der Waals surface area contributed by atoms with Crippen molar-refractivity contribution in [1.82, 2.24) is 15.6 Å². The van der Waals surface area contributed by atoms with Crippen LogP contribution in [-0.4, -0.2) is 38.8 Å². The minimum Gasteiger partial charge on any atom is -0.493 e. The van der Waals surface area contributed by atoms with Gasteiger partial charge in [0.05, 0.1) is 26.5 Å². The second kappa shape index (κ2) is 11.7. The number of guanidine groups is 1. The van der Waals surface area contributed by atoms with Gasteiger partial charge in [-0.1, -0.05) is 6.07 Å². The van der Waals surface area contributed by atoms with E-state index in [2.05, 4.69) is 26.7 Å². The van der Waals surface area contributed by atoms with E-state index < -0.39 is 0 Å². The van der Waals surface area contributed by atoms with Gasteiger partial charge in [-0.05, 0) is 44.4 Å². The molecule has 8 heteroatoms. The van der Waals surface area contributed by atoms with Crippen LogP contribution < -0.4 is 20.1 Å². The Kier molecular flexibility index (Phi) is 9.98. The number of halogens is 1. The standard InChI is InChI=1S/C19H28N4O3.HI/c1-13-14(2)26-18(23-13)12-22-19(20-3)21-10-6-7-15-8-9-16(24-4)17(11-15)25-5;/h8-9,11H,6-7,10,12H2,1-5H3,(H2,20,21,22);1H. The second-order valence-corrected chi connectivity index (χ2v) is 5.89. The molecule has 2 aromatic rings. The lowest BCUT2D eigenvalue weighted by Gasteiger charge is -2.12. The van der Waals surface area contributed by atoms with Crippen molar-refractivity contribution in [3.63, 3.8) is 0 Å². The molecule has 0 fully saturated rings. The third-order valence-electron chi connectivity index (χ3n) is 4.09. The first-order valence-corrected chi connectivity index (χ1v) is 8.65. The predicted octanol–water partition coefficient (Wildman–Crippen LogP) is 3.22. The van der Waals surface area contributed by atoms with E-state index in [0.717, 1.165) is 48.3 Å². The number of benzene rings is 1. The zero-order valence-corrected chi connectivity index (χ0v) is 18.9. The number of nitrogens with one attached hydrogen (secondary N) is 2. The van der Waals surface area contributed by atoms with Crippen molar-refractivity contribution >= 4 is 29.9 Å². The molecule has 27 heavy (non-hydrogen) atoms. The quantitative estimate of drug-likeness (QED) is 0.257. The van der Waals surface area contributed by atoms with E-state index in [0.29, 0.717) is 12.4 Å². The van der Waals surface area contributed by atoms with Gasteiger partial charge in [0.25, 0.3) is 0 Å². The van der Waals surface area contributed by atoms with Gasteiger partial charge >= 0.3 is 0 Å². The van der Waals surface area contributed by atoms with Gasteiger partial charge in [0.15, 0.2) is 17.5 Å². The molecule has 0 saturated carbocycles. The van der Waals surface area contributed by atoms with Crippen LogP contribution in [0.3, 0.4) is 0 Å². The van der Waals surface area contributed by atoms with Crippen molar-refractivity contribution in [2.24, 2.45) is 4.99 Å². The van der Waals surface area contributed by atoms with Crippen LogP contribution in [0.4, 0.5) is 0 Å². The topological polar surface area (TPSA) is 80.9 Å². The summed E-state index contributed by atoms with van der Waals surface area (Å²) in [5.74, 6) is 3.74. The van der Waals surface area contributed by atoms with E-state index in [1.54, 1.807) is 21.3 Å². The molecule has 0 radical (unpaired) electrons. The van der Waals surface area contributed by atoms with E-state index in [1.807, 2.05) is 26.0 Å². The van der Waals surface area contributed by atoms with Crippen molar-refractivity contribution in [2.75, 3.05) is 27.8 Å². The summed E-state index contributed by atoms with van der Waals surface area (Å²) in [6.07, 6.45) is 1.90. The molecule has 1 aromatic heterocycles. The van der Waals surface area contributed by atoms with Gasteiger partial charge < -0.3 is 24.5 Å². The van der Waals surface area contributed by atoms with E-state index in [-0.39, 0.29) is 24.0 Å². The van der Waals surface area contributed by atoms with Crippen LogP contribution in [0.2, 0.25) is 0 Å². The van der Waals surface area contributed by atoms with E-state index in [9.17, 15) is 0 Å². The molecule has 0 aliphatic carbocycles. The number of rotatable bonds is 8. The minimum absolute atomic E-state index is 0. The maximum atomic E-state index is 5.55. The molecule has 1 aromatic carbocycles. The van der Waals surface area contributed by atoms with Crippen LogP contribution in [0.5, 0.6) is 11.5 Å². The number of hydrogen-bond donors (Lipinski definition) is 2. The summed E-state index contributed by atoms with van der Waals surface area (Å²) in [6, 6.07) is 6.00. The van der Waals surface area contributed by atoms with Crippen molar-refractivity contribution in [1.29, 1.82) is 0 Å². The number of aromatic nitrogens is 1. The summed E-state index contributed by atoms with van der Waals surface area (Å²) in [6.45, 7) is 5.15. The normalized spacial score (nSPS) is 10.9. The molecule has 2 rings (SSSR count). The summed E-state index contributed by atoms with van der Waals surface area (Å²) in [5.41, 5.74) is 2.12. The number of nitrogens with zero attached hydrogens (tertiary/aromatic N) is 2. The van der Waals surface area contributed by atoms with E-state index in [4.69, 9.17) is 13.9 Å². The van der Waals surface area contributed by atoms with Gasteiger partial charge in [-0.25, -0.2) is 4.98 Å². The Bertz CT molecular complexity index is 727. The zero-order valence-electron chi connectivity index (χ0n) is 16.6. The molecule has 150 valence electrons. The Morgan fingerprint density at radius 2 is 1.89 bits per heavy atom. The largest absolute Gasteiger partial charge is 0.493 e. The van der Waals surface area contributed by atoms with Gasteiger partial charge in [0.2, 0.25) is 5.89 Å². The molecule has 1 heterocycles. The average molecular weight is 488 g/mol. The van der Waals surface area contributed by atoms with Crippen LogP contribution in [0.15, 0.2) is 27.6 Å². The van der Waals surface area contributed by atoms with Gasteiger partial charge in [-0.3, -0.25) is 4.99 Å². The molecule has 0 aliphatic heterocycles. The number of ether oxygens (including phenoxy) is 2. The smallest absolute Gasteiger partial charge is 0.214 e. The monoisotopic (exact) mass is 488 g/mol. The fourth-order valence-electron chi connectivity index (χ4n) is 2.53. The molecular weight excluding hydrogens is 459 g/mol. The van der Waals surface area contributed by atoms with Crippen LogP contribution in [-0.2, 0) is 13.0 Å².